The molecule has 2 heterocycles. The highest BCUT2D eigenvalue weighted by molar-refractivity contribution is 7.14. The fraction of sp³-hybridized carbons (Fsp3) is 0.167. The monoisotopic (exact) mass is 478 g/mol. The van der Waals surface area contributed by atoms with Gasteiger partial charge in [-0.25, -0.2) is 9.97 Å². The summed E-state index contributed by atoms with van der Waals surface area (Å²) in [5.41, 5.74) is 4.21. The Morgan fingerprint density at radius 3 is 2.45 bits per heavy atom. The first kappa shape index (κ1) is 22.6. The zero-order valence-electron chi connectivity index (χ0n) is 18.1. The van der Waals surface area contributed by atoms with Crippen LogP contribution in [0.4, 0.5) is 5.13 Å². The molecule has 0 atom stereocenters. The highest BCUT2D eigenvalue weighted by Gasteiger charge is 2.14. The molecule has 0 spiro atoms. The number of hydrogen-bond donors (Lipinski definition) is 2. The molecule has 0 fully saturated rings. The molecule has 0 aliphatic carbocycles. The van der Waals surface area contributed by atoms with E-state index in [-0.39, 0.29) is 11.8 Å². The van der Waals surface area contributed by atoms with Gasteiger partial charge in [0.15, 0.2) is 5.13 Å². The number of ether oxygens (including phenoxy) is 1. The van der Waals surface area contributed by atoms with Crippen molar-refractivity contribution in [1.82, 2.24) is 15.3 Å². The van der Waals surface area contributed by atoms with Crippen molar-refractivity contribution in [2.45, 2.75) is 27.0 Å². The predicted molar refractivity (Wildman–Crippen MR) is 131 cm³/mol. The number of nitrogens with zero attached hydrogens (tertiary/aromatic N) is 2. The van der Waals surface area contributed by atoms with Crippen LogP contribution >= 0.6 is 22.7 Å². The van der Waals surface area contributed by atoms with Gasteiger partial charge in [-0.1, -0.05) is 42.0 Å². The zero-order valence-corrected chi connectivity index (χ0v) is 19.8. The van der Waals surface area contributed by atoms with Gasteiger partial charge >= 0.3 is 0 Å². The highest BCUT2D eigenvalue weighted by atomic mass is 32.1. The van der Waals surface area contributed by atoms with Crippen molar-refractivity contribution in [2.75, 3.05) is 5.32 Å². The predicted octanol–water partition coefficient (Wildman–Crippen LogP) is 5.04. The molecule has 0 saturated heterocycles. The van der Waals surface area contributed by atoms with Crippen LogP contribution in [0.2, 0.25) is 0 Å². The van der Waals surface area contributed by atoms with Gasteiger partial charge in [0.2, 0.25) is 5.91 Å². The van der Waals surface area contributed by atoms with Gasteiger partial charge in [0.1, 0.15) is 23.1 Å². The van der Waals surface area contributed by atoms with Gasteiger partial charge in [-0.2, -0.15) is 0 Å². The lowest BCUT2D eigenvalue weighted by molar-refractivity contribution is -0.119. The third kappa shape index (κ3) is 6.24. The minimum atomic E-state index is -0.306. The van der Waals surface area contributed by atoms with Crippen LogP contribution in [-0.2, 0) is 17.9 Å². The van der Waals surface area contributed by atoms with Gasteiger partial charge in [0.25, 0.3) is 5.91 Å². The van der Waals surface area contributed by atoms with Crippen molar-refractivity contribution in [1.29, 1.82) is 0 Å². The number of aromatic nitrogens is 2. The lowest BCUT2D eigenvalue weighted by Gasteiger charge is -2.04. The van der Waals surface area contributed by atoms with Crippen molar-refractivity contribution in [2.24, 2.45) is 0 Å². The van der Waals surface area contributed by atoms with Crippen LogP contribution in [0.5, 0.6) is 5.75 Å². The Bertz CT molecular complexity index is 1250. The molecule has 2 aromatic carbocycles. The van der Waals surface area contributed by atoms with E-state index >= 15 is 0 Å². The van der Waals surface area contributed by atoms with Crippen LogP contribution in [-0.4, -0.2) is 21.8 Å². The molecule has 2 amide bonds. The summed E-state index contributed by atoms with van der Waals surface area (Å²) in [5, 5.41) is 10.4. The summed E-state index contributed by atoms with van der Waals surface area (Å²) in [7, 11) is 0. The Morgan fingerprint density at radius 1 is 0.970 bits per heavy atom. The van der Waals surface area contributed by atoms with Crippen LogP contribution in [0, 0.1) is 6.92 Å². The van der Waals surface area contributed by atoms with Crippen molar-refractivity contribution < 1.29 is 14.3 Å². The average Bonchev–Trinajstić information content (AvgIpc) is 3.48. The first-order valence-electron chi connectivity index (χ1n) is 10.2. The largest absolute Gasteiger partial charge is 0.486 e. The number of thiazole rings is 2. The van der Waals surface area contributed by atoms with E-state index in [9.17, 15) is 9.59 Å². The molecule has 9 heteroatoms. The van der Waals surface area contributed by atoms with E-state index in [0.717, 1.165) is 27.6 Å². The third-order valence-corrected chi connectivity index (χ3v) is 6.26. The molecule has 7 nitrogen and oxygen atoms in total. The third-order valence-electron chi connectivity index (χ3n) is 4.68. The van der Waals surface area contributed by atoms with Gasteiger partial charge in [-0.05, 0) is 24.6 Å². The molecule has 2 N–H and O–H groups in total. The Hall–Kier alpha value is -3.56. The maximum atomic E-state index is 12.6. The maximum Gasteiger partial charge on any atom is 0.276 e. The highest BCUT2D eigenvalue weighted by Crippen LogP contribution is 2.26. The molecular formula is C24H22N4O3S2. The van der Waals surface area contributed by atoms with Crippen molar-refractivity contribution in [3.63, 3.8) is 0 Å². The van der Waals surface area contributed by atoms with E-state index in [1.54, 1.807) is 5.38 Å². The first-order chi connectivity index (χ1) is 16.0. The minimum absolute atomic E-state index is 0.0648. The number of rotatable bonds is 8. The maximum absolute atomic E-state index is 12.6. The van der Waals surface area contributed by atoms with Gasteiger partial charge in [-0.15, -0.1) is 22.7 Å². The van der Waals surface area contributed by atoms with Gasteiger partial charge < -0.3 is 10.1 Å². The summed E-state index contributed by atoms with van der Waals surface area (Å²) < 4.78 is 5.73. The number of carbonyl (C=O) groups excluding carboxylic acids is 2. The van der Waals surface area contributed by atoms with Crippen LogP contribution in [0.25, 0.3) is 11.3 Å². The smallest absolute Gasteiger partial charge is 0.276 e. The average molecular weight is 479 g/mol. The Labute approximate surface area is 199 Å². The van der Waals surface area contributed by atoms with Crippen molar-refractivity contribution in [3.05, 3.63) is 81.1 Å². The van der Waals surface area contributed by atoms with E-state index in [0.29, 0.717) is 24.0 Å². The summed E-state index contributed by atoms with van der Waals surface area (Å²) in [6, 6.07) is 15.6. The molecule has 33 heavy (non-hydrogen) atoms. The van der Waals surface area contributed by atoms with Crippen molar-refractivity contribution in [3.8, 4) is 17.0 Å². The van der Waals surface area contributed by atoms with Crippen molar-refractivity contribution >= 4 is 39.6 Å². The standard InChI is InChI=1S/C24H22N4O3S2/c1-15-3-9-19(10-4-15)31-12-22-26-21(14-32-22)23(30)28-24-27-20(13-33-24)18-7-5-17(6-8-18)11-25-16(2)29/h3-10,13-14H,11-12H2,1-2H3,(H,25,29)(H,27,28,30). The number of carbonyl (C=O) groups is 2. The van der Waals surface area contributed by atoms with E-state index in [2.05, 4.69) is 20.6 Å². The summed E-state index contributed by atoms with van der Waals surface area (Å²) in [6.07, 6.45) is 0. The van der Waals surface area contributed by atoms with Crippen LogP contribution < -0.4 is 15.4 Å². The number of anilines is 1. The molecule has 168 valence electrons. The molecule has 0 saturated carbocycles. The van der Waals surface area contributed by atoms with Gasteiger partial charge in [-0.3, -0.25) is 14.9 Å². The molecule has 0 radical (unpaired) electrons. The van der Waals surface area contributed by atoms with Crippen LogP contribution in [0.3, 0.4) is 0 Å². The van der Waals surface area contributed by atoms with Gasteiger partial charge in [0.05, 0.1) is 5.69 Å². The number of amides is 2. The topological polar surface area (TPSA) is 93.2 Å². The fourth-order valence-electron chi connectivity index (χ4n) is 2.91. The number of nitrogens with one attached hydrogen (secondary N) is 2. The summed E-state index contributed by atoms with van der Waals surface area (Å²) >= 11 is 2.73. The lowest BCUT2D eigenvalue weighted by Crippen LogP contribution is -2.18. The normalized spacial score (nSPS) is 10.6. The molecule has 0 aliphatic heterocycles. The van der Waals surface area contributed by atoms with Crippen LogP contribution in [0.15, 0.2) is 59.3 Å². The number of hydrogen-bond acceptors (Lipinski definition) is 7. The minimum Gasteiger partial charge on any atom is -0.486 e. The Kier molecular flexibility index (Phi) is 7.11. The molecule has 0 aliphatic rings. The van der Waals surface area contributed by atoms with E-state index in [4.69, 9.17) is 4.74 Å². The van der Waals surface area contributed by atoms with E-state index in [1.807, 2.05) is 60.8 Å². The summed E-state index contributed by atoms with van der Waals surface area (Å²) in [6.45, 7) is 4.30. The SMILES string of the molecule is CC(=O)NCc1ccc(-c2csc(NC(=O)c3csc(COc4ccc(C)cc4)n3)n2)cc1. The number of benzene rings is 2. The second-order valence-corrected chi connectivity index (χ2v) is 9.13. The molecule has 4 aromatic rings. The molecule has 2 aromatic heterocycles. The molecule has 0 bridgehead atoms. The van der Waals surface area contributed by atoms with E-state index < -0.39 is 0 Å². The molecule has 0 unspecified atom stereocenters. The van der Waals surface area contributed by atoms with Crippen LogP contribution in [0.1, 0.15) is 33.5 Å². The summed E-state index contributed by atoms with van der Waals surface area (Å²) in [4.78, 5) is 32.5. The Balaban J connectivity index is 1.33. The fourth-order valence-corrected chi connectivity index (χ4v) is 4.31. The second kappa shape index (κ2) is 10.4. The first-order valence-corrected chi connectivity index (χ1v) is 12.0. The second-order valence-electron chi connectivity index (χ2n) is 7.33. The van der Waals surface area contributed by atoms with Gasteiger partial charge in [0, 0.05) is 29.8 Å². The summed E-state index contributed by atoms with van der Waals surface area (Å²) in [5.74, 6) is 0.393. The Morgan fingerprint density at radius 2 is 1.73 bits per heavy atom. The lowest BCUT2D eigenvalue weighted by atomic mass is 10.1. The van der Waals surface area contributed by atoms with E-state index in [1.165, 1.54) is 35.2 Å². The quantitative estimate of drug-likeness (QED) is 0.370. The molecular weight excluding hydrogens is 456 g/mol. The zero-order chi connectivity index (χ0) is 23.2. The number of aryl methyl sites for hydroxylation is 1. The molecule has 4 rings (SSSR count).